The lowest BCUT2D eigenvalue weighted by atomic mass is 9.91. The lowest BCUT2D eigenvalue weighted by molar-refractivity contribution is -0.138. The normalized spacial score (nSPS) is 12.5. The molecular formula is C27H27FNO5P. The summed E-state index contributed by atoms with van der Waals surface area (Å²) in [4.78, 5) is 25.8. The minimum absolute atomic E-state index is 0.0258. The summed E-state index contributed by atoms with van der Waals surface area (Å²) in [7, 11) is -2.90. The van der Waals surface area contributed by atoms with E-state index in [1.54, 1.807) is 6.07 Å². The fourth-order valence-corrected chi connectivity index (χ4v) is 4.20. The highest BCUT2D eigenvalue weighted by Gasteiger charge is 2.18. The molecule has 3 rings (SSSR count). The van der Waals surface area contributed by atoms with E-state index < -0.39 is 26.5 Å². The van der Waals surface area contributed by atoms with E-state index >= 15 is 0 Å². The Morgan fingerprint density at radius 2 is 1.86 bits per heavy atom. The summed E-state index contributed by atoms with van der Waals surface area (Å²) in [6.07, 6.45) is 0.285. The van der Waals surface area contributed by atoms with Crippen molar-refractivity contribution in [3.8, 4) is 34.4 Å². The van der Waals surface area contributed by atoms with E-state index in [1.165, 1.54) is 12.1 Å². The Morgan fingerprint density at radius 1 is 1.14 bits per heavy atom. The molecule has 0 aliphatic rings. The summed E-state index contributed by atoms with van der Waals surface area (Å²) >= 11 is 0. The summed E-state index contributed by atoms with van der Waals surface area (Å²) in [5.74, 6) is 1.70. The molecule has 1 heterocycles. The molecule has 35 heavy (non-hydrogen) atoms. The first-order valence-electron chi connectivity index (χ1n) is 11.1. The predicted octanol–water partition coefficient (Wildman–Crippen LogP) is 5.06. The van der Waals surface area contributed by atoms with Crippen LogP contribution >= 0.6 is 8.03 Å². The maximum absolute atomic E-state index is 13.8. The Hall–Kier alpha value is -3.30. The molecule has 0 spiro atoms. The highest BCUT2D eigenvalue weighted by Crippen LogP contribution is 2.34. The van der Waals surface area contributed by atoms with Crippen molar-refractivity contribution in [3.05, 3.63) is 77.2 Å². The molecule has 2 aromatic carbocycles. The first kappa shape index (κ1) is 26.3. The van der Waals surface area contributed by atoms with E-state index in [0.717, 1.165) is 22.4 Å². The molecule has 0 amide bonds. The zero-order chi connectivity index (χ0) is 25.5. The van der Waals surface area contributed by atoms with Gasteiger partial charge in [0, 0.05) is 17.3 Å². The van der Waals surface area contributed by atoms with E-state index in [1.807, 2.05) is 57.2 Å². The third-order valence-electron chi connectivity index (χ3n) is 5.30. The van der Waals surface area contributed by atoms with Crippen LogP contribution < -0.4 is 0 Å². The van der Waals surface area contributed by atoms with Crippen LogP contribution in [0.2, 0.25) is 0 Å². The maximum Gasteiger partial charge on any atom is 0.322 e. The number of ether oxygens (including phenoxy) is 1. The molecule has 3 aromatic rings. The second-order valence-electron chi connectivity index (χ2n) is 8.45. The van der Waals surface area contributed by atoms with Crippen molar-refractivity contribution in [2.75, 3.05) is 6.16 Å². The SMILES string of the molecule is Cc1cc(F)ccc1-c1cc(-c2ccccc2)nc(C(C)C)c1C#COC(=O)CC(O)C[PH](=O)O. The Balaban J connectivity index is 2.08. The van der Waals surface area contributed by atoms with Gasteiger partial charge in [-0.25, -0.2) is 4.39 Å². The minimum atomic E-state index is -2.90. The third kappa shape index (κ3) is 7.10. The summed E-state index contributed by atoms with van der Waals surface area (Å²) < 4.78 is 29.7. The van der Waals surface area contributed by atoms with Gasteiger partial charge in [-0.05, 0) is 48.1 Å². The molecule has 1 aromatic heterocycles. The van der Waals surface area contributed by atoms with Gasteiger partial charge in [0.15, 0.2) is 8.03 Å². The quantitative estimate of drug-likeness (QED) is 0.270. The zero-order valence-electron chi connectivity index (χ0n) is 19.7. The van der Waals surface area contributed by atoms with Crippen LogP contribution in [0, 0.1) is 24.8 Å². The van der Waals surface area contributed by atoms with Gasteiger partial charge in [-0.3, -0.25) is 14.3 Å². The summed E-state index contributed by atoms with van der Waals surface area (Å²) in [5.41, 5.74) is 5.09. The second-order valence-corrected chi connectivity index (χ2v) is 9.65. The van der Waals surface area contributed by atoms with Crippen LogP contribution in [0.25, 0.3) is 22.4 Å². The van der Waals surface area contributed by atoms with Gasteiger partial charge in [-0.1, -0.05) is 50.2 Å². The second kappa shape index (κ2) is 11.9. The van der Waals surface area contributed by atoms with E-state index in [-0.39, 0.29) is 17.9 Å². The number of esters is 1. The lowest BCUT2D eigenvalue weighted by Gasteiger charge is -2.17. The van der Waals surface area contributed by atoms with Crippen LogP contribution in [0.3, 0.4) is 0 Å². The number of benzene rings is 2. The number of halogens is 1. The van der Waals surface area contributed by atoms with Crippen LogP contribution in [0.1, 0.15) is 43.0 Å². The molecule has 2 atom stereocenters. The van der Waals surface area contributed by atoms with Crippen LogP contribution in [0.5, 0.6) is 0 Å². The number of rotatable bonds is 7. The van der Waals surface area contributed by atoms with Crippen molar-refractivity contribution in [3.63, 3.8) is 0 Å². The van der Waals surface area contributed by atoms with Crippen molar-refractivity contribution in [2.45, 2.75) is 39.2 Å². The van der Waals surface area contributed by atoms with Gasteiger partial charge in [0.1, 0.15) is 11.9 Å². The van der Waals surface area contributed by atoms with Crippen molar-refractivity contribution >= 4 is 14.0 Å². The molecule has 0 fully saturated rings. The molecule has 0 bridgehead atoms. The number of pyridine rings is 1. The topological polar surface area (TPSA) is 96.7 Å². The number of nitrogens with zero attached hydrogens (tertiary/aromatic N) is 1. The largest absolute Gasteiger partial charge is 0.392 e. The maximum atomic E-state index is 13.8. The molecule has 2 N–H and O–H groups in total. The Kier molecular flexibility index (Phi) is 8.95. The third-order valence-corrected chi connectivity index (χ3v) is 6.12. The number of aryl methyl sites for hydroxylation is 1. The van der Waals surface area contributed by atoms with Crippen molar-refractivity contribution < 1.29 is 28.5 Å². The van der Waals surface area contributed by atoms with Gasteiger partial charge < -0.3 is 14.7 Å². The lowest BCUT2D eigenvalue weighted by Crippen LogP contribution is -2.16. The smallest absolute Gasteiger partial charge is 0.322 e. The van der Waals surface area contributed by atoms with Crippen molar-refractivity contribution in [2.24, 2.45) is 0 Å². The molecule has 2 unspecified atom stereocenters. The van der Waals surface area contributed by atoms with E-state index in [4.69, 9.17) is 14.6 Å². The number of hydrogen-bond donors (Lipinski definition) is 2. The Morgan fingerprint density at radius 3 is 2.49 bits per heavy atom. The van der Waals surface area contributed by atoms with Crippen molar-refractivity contribution in [1.29, 1.82) is 0 Å². The predicted molar refractivity (Wildman–Crippen MR) is 134 cm³/mol. The molecule has 182 valence electrons. The van der Waals surface area contributed by atoms with E-state index in [2.05, 4.69) is 12.0 Å². The fourth-order valence-electron chi connectivity index (χ4n) is 3.65. The number of aliphatic hydroxyl groups is 1. The molecular weight excluding hydrogens is 468 g/mol. The van der Waals surface area contributed by atoms with Crippen LogP contribution in [-0.4, -0.2) is 33.2 Å². The number of aromatic nitrogens is 1. The molecule has 0 radical (unpaired) electrons. The van der Waals surface area contributed by atoms with Gasteiger partial charge in [0.25, 0.3) is 0 Å². The average Bonchev–Trinajstić information content (AvgIpc) is 2.79. The molecule has 8 heteroatoms. The van der Waals surface area contributed by atoms with Crippen LogP contribution in [0.4, 0.5) is 4.39 Å². The minimum Gasteiger partial charge on any atom is -0.392 e. The molecule has 0 saturated heterocycles. The van der Waals surface area contributed by atoms with Crippen LogP contribution in [0.15, 0.2) is 54.6 Å². The number of carbonyl (C=O) groups excluding carboxylic acids is 1. The standard InChI is InChI=1S/C27H27FNO5P/c1-17(2)27-23(11-12-34-26(31)14-21(30)16-35(32)33)24(22-10-9-20(28)13-18(22)3)15-25(29-27)19-7-5-4-6-8-19/h4-10,13,15,17,21,30,35H,14,16H2,1-3H3,(H,32,33). The van der Waals surface area contributed by atoms with Crippen molar-refractivity contribution in [1.82, 2.24) is 4.98 Å². The number of aliphatic hydroxyl groups excluding tert-OH is 1. The van der Waals surface area contributed by atoms with Gasteiger partial charge in [0.2, 0.25) is 0 Å². The van der Waals surface area contributed by atoms with Gasteiger partial charge in [-0.15, -0.1) is 0 Å². The fraction of sp³-hybridized carbons (Fsp3) is 0.259. The first-order chi connectivity index (χ1) is 16.7. The number of hydrogen-bond acceptors (Lipinski definition) is 5. The summed E-state index contributed by atoms with van der Waals surface area (Å²) in [5, 5.41) is 9.68. The van der Waals surface area contributed by atoms with Gasteiger partial charge in [-0.2, -0.15) is 0 Å². The Labute approximate surface area is 204 Å². The molecule has 0 aliphatic carbocycles. The monoisotopic (exact) mass is 495 g/mol. The van der Waals surface area contributed by atoms with Crippen LogP contribution in [-0.2, 0) is 14.1 Å². The summed E-state index contributed by atoms with van der Waals surface area (Å²) in [6, 6.07) is 16.1. The zero-order valence-corrected chi connectivity index (χ0v) is 20.7. The van der Waals surface area contributed by atoms with Gasteiger partial charge >= 0.3 is 5.97 Å². The Bertz CT molecular complexity index is 1300. The highest BCUT2D eigenvalue weighted by molar-refractivity contribution is 7.38. The summed E-state index contributed by atoms with van der Waals surface area (Å²) in [6.45, 7) is 5.76. The molecule has 6 nitrogen and oxygen atoms in total. The average molecular weight is 495 g/mol. The van der Waals surface area contributed by atoms with E-state index in [0.29, 0.717) is 16.8 Å². The molecule has 0 aliphatic heterocycles. The van der Waals surface area contributed by atoms with E-state index in [9.17, 15) is 18.9 Å². The van der Waals surface area contributed by atoms with Gasteiger partial charge in [0.05, 0.1) is 29.5 Å². The number of carbonyl (C=O) groups is 1. The first-order valence-corrected chi connectivity index (χ1v) is 12.7. The highest BCUT2D eigenvalue weighted by atomic mass is 31.1. The molecule has 0 saturated carbocycles.